The number of thiazole rings is 1. The van der Waals surface area contributed by atoms with E-state index in [9.17, 15) is 4.79 Å². The van der Waals surface area contributed by atoms with Crippen molar-refractivity contribution in [2.75, 3.05) is 11.9 Å². The number of hydrogen-bond donors (Lipinski definition) is 0. The van der Waals surface area contributed by atoms with Crippen molar-refractivity contribution < 1.29 is 9.53 Å². The summed E-state index contributed by atoms with van der Waals surface area (Å²) in [6.45, 7) is 2.38. The Kier molecular flexibility index (Phi) is 5.81. The molecule has 0 spiro atoms. The molecule has 0 saturated carbocycles. The molecular weight excluding hydrogens is 344 g/mol. The van der Waals surface area contributed by atoms with Crippen LogP contribution in [0.2, 0.25) is 0 Å². The van der Waals surface area contributed by atoms with E-state index in [-0.39, 0.29) is 5.91 Å². The number of aromatic nitrogens is 1. The average Bonchev–Trinajstić information content (AvgIpc) is 3.10. The van der Waals surface area contributed by atoms with Crippen LogP contribution in [0.4, 0.5) is 5.69 Å². The van der Waals surface area contributed by atoms with E-state index in [4.69, 9.17) is 4.74 Å². The van der Waals surface area contributed by atoms with Gasteiger partial charge in [0.05, 0.1) is 10.7 Å². The van der Waals surface area contributed by atoms with Gasteiger partial charge in [-0.05, 0) is 31.2 Å². The van der Waals surface area contributed by atoms with Gasteiger partial charge < -0.3 is 9.64 Å². The molecule has 0 atom stereocenters. The van der Waals surface area contributed by atoms with Crippen LogP contribution in [-0.2, 0) is 11.4 Å². The fourth-order valence-corrected chi connectivity index (χ4v) is 3.02. The van der Waals surface area contributed by atoms with Gasteiger partial charge >= 0.3 is 0 Å². The highest BCUT2D eigenvalue weighted by Gasteiger charge is 2.08. The predicted octanol–water partition coefficient (Wildman–Crippen LogP) is 4.71. The van der Waals surface area contributed by atoms with Gasteiger partial charge in [0.15, 0.2) is 0 Å². The van der Waals surface area contributed by atoms with E-state index in [1.165, 1.54) is 0 Å². The fraction of sp³-hybridized carbons (Fsp3) is 0.143. The van der Waals surface area contributed by atoms with Crippen molar-refractivity contribution in [2.24, 2.45) is 0 Å². The molecule has 0 N–H and O–H groups in total. The van der Waals surface area contributed by atoms with E-state index in [2.05, 4.69) is 4.98 Å². The van der Waals surface area contributed by atoms with Gasteiger partial charge in [0.2, 0.25) is 0 Å². The lowest BCUT2D eigenvalue weighted by molar-refractivity contribution is -0.113. The van der Waals surface area contributed by atoms with Gasteiger partial charge in [-0.1, -0.05) is 36.4 Å². The Bertz CT molecular complexity index is 903. The smallest absolute Gasteiger partial charge is 0.250 e. The van der Waals surface area contributed by atoms with Crippen molar-refractivity contribution in [3.8, 4) is 5.75 Å². The second-order valence-corrected chi connectivity index (χ2v) is 6.81. The minimum absolute atomic E-state index is 0.0962. The Morgan fingerprint density at radius 3 is 2.62 bits per heavy atom. The minimum Gasteiger partial charge on any atom is -0.487 e. The number of benzene rings is 2. The summed E-state index contributed by atoms with van der Waals surface area (Å²) in [5.41, 5.74) is 2.62. The third kappa shape index (κ3) is 4.58. The summed E-state index contributed by atoms with van der Waals surface area (Å²) in [5.74, 6) is 0.630. The van der Waals surface area contributed by atoms with E-state index < -0.39 is 0 Å². The lowest BCUT2D eigenvalue weighted by Gasteiger charge is -2.15. The standard InChI is InChI=1S/C21H20N2O2S/c1-16-22-18(15-26-16)14-25-20-11-7-6-8-17(20)12-13-21(24)23(2)19-9-4-3-5-10-19/h3-13,15H,14H2,1-2H3/b13-12+. The lowest BCUT2D eigenvalue weighted by Crippen LogP contribution is -2.23. The van der Waals surface area contributed by atoms with Crippen LogP contribution in [-0.4, -0.2) is 17.9 Å². The number of carbonyl (C=O) groups is 1. The van der Waals surface area contributed by atoms with Gasteiger partial charge in [-0.25, -0.2) is 4.98 Å². The predicted molar refractivity (Wildman–Crippen MR) is 107 cm³/mol. The van der Waals surface area contributed by atoms with Gasteiger partial charge in [0.25, 0.3) is 5.91 Å². The molecule has 0 aliphatic carbocycles. The van der Waals surface area contributed by atoms with Crippen LogP contribution in [0.15, 0.2) is 66.1 Å². The number of rotatable bonds is 6. The molecular formula is C21H20N2O2S. The normalized spacial score (nSPS) is 10.8. The zero-order valence-corrected chi connectivity index (χ0v) is 15.6. The number of anilines is 1. The Balaban J connectivity index is 1.69. The van der Waals surface area contributed by atoms with Crippen molar-refractivity contribution in [3.05, 3.63) is 82.3 Å². The molecule has 0 aliphatic heterocycles. The maximum Gasteiger partial charge on any atom is 0.250 e. The number of ether oxygens (including phenoxy) is 1. The third-order valence-electron chi connectivity index (χ3n) is 3.84. The second-order valence-electron chi connectivity index (χ2n) is 5.75. The molecule has 3 rings (SSSR count). The number of hydrogen-bond acceptors (Lipinski definition) is 4. The second kappa shape index (κ2) is 8.45. The number of nitrogens with zero attached hydrogens (tertiary/aromatic N) is 2. The molecule has 0 unspecified atom stereocenters. The molecule has 3 aromatic rings. The summed E-state index contributed by atoms with van der Waals surface area (Å²) in [5, 5.41) is 3.01. The molecule has 2 aromatic carbocycles. The maximum atomic E-state index is 12.4. The summed E-state index contributed by atoms with van der Waals surface area (Å²) in [6.07, 6.45) is 3.34. The molecule has 0 aliphatic rings. The third-order valence-corrected chi connectivity index (χ3v) is 4.66. The summed E-state index contributed by atoms with van der Waals surface area (Å²) in [4.78, 5) is 18.4. The summed E-state index contributed by atoms with van der Waals surface area (Å²) < 4.78 is 5.88. The van der Waals surface area contributed by atoms with E-state index in [0.29, 0.717) is 6.61 Å². The highest BCUT2D eigenvalue weighted by atomic mass is 32.1. The first kappa shape index (κ1) is 17.9. The Morgan fingerprint density at radius 2 is 1.88 bits per heavy atom. The zero-order valence-electron chi connectivity index (χ0n) is 14.8. The maximum absolute atomic E-state index is 12.4. The van der Waals surface area contributed by atoms with Crippen LogP contribution in [0.25, 0.3) is 6.08 Å². The number of amides is 1. The molecule has 1 aromatic heterocycles. The zero-order chi connectivity index (χ0) is 18.4. The summed E-state index contributed by atoms with van der Waals surface area (Å²) >= 11 is 1.60. The van der Waals surface area contributed by atoms with Gasteiger partial charge in [-0.3, -0.25) is 4.79 Å². The molecule has 26 heavy (non-hydrogen) atoms. The van der Waals surface area contributed by atoms with Gasteiger partial charge in [-0.2, -0.15) is 0 Å². The molecule has 1 heterocycles. The molecule has 132 valence electrons. The first-order valence-electron chi connectivity index (χ1n) is 8.27. The Morgan fingerprint density at radius 1 is 1.15 bits per heavy atom. The average molecular weight is 364 g/mol. The van der Waals surface area contributed by atoms with Gasteiger partial charge in [-0.15, -0.1) is 11.3 Å². The first-order chi connectivity index (χ1) is 12.6. The monoisotopic (exact) mass is 364 g/mol. The molecule has 0 fully saturated rings. The number of para-hydroxylation sites is 2. The molecule has 0 saturated heterocycles. The lowest BCUT2D eigenvalue weighted by atomic mass is 10.2. The molecule has 1 amide bonds. The Labute approximate surface area is 157 Å². The molecule has 5 heteroatoms. The first-order valence-corrected chi connectivity index (χ1v) is 9.15. The highest BCUT2D eigenvalue weighted by molar-refractivity contribution is 7.09. The van der Waals surface area contributed by atoms with Crippen molar-refractivity contribution in [2.45, 2.75) is 13.5 Å². The number of carbonyl (C=O) groups excluding carboxylic acids is 1. The van der Waals surface area contributed by atoms with Gasteiger partial charge in [0, 0.05) is 29.8 Å². The van der Waals surface area contributed by atoms with Gasteiger partial charge in [0.1, 0.15) is 12.4 Å². The van der Waals surface area contributed by atoms with Crippen molar-refractivity contribution in [1.82, 2.24) is 4.98 Å². The summed E-state index contributed by atoms with van der Waals surface area (Å²) in [6, 6.07) is 17.2. The SMILES string of the molecule is Cc1nc(COc2ccccc2/C=C/C(=O)N(C)c2ccccc2)cs1. The van der Waals surface area contributed by atoms with Crippen LogP contribution in [0, 0.1) is 6.92 Å². The van der Waals surface area contributed by atoms with Crippen LogP contribution in [0.1, 0.15) is 16.3 Å². The largest absolute Gasteiger partial charge is 0.487 e. The van der Waals surface area contributed by atoms with E-state index in [1.54, 1.807) is 35.4 Å². The van der Waals surface area contributed by atoms with Crippen LogP contribution in [0.3, 0.4) is 0 Å². The number of aryl methyl sites for hydroxylation is 1. The minimum atomic E-state index is -0.0962. The quantitative estimate of drug-likeness (QED) is 0.595. The number of likely N-dealkylation sites (N-methyl/N-ethyl adjacent to an activating group) is 1. The van der Waals surface area contributed by atoms with Crippen LogP contribution in [0.5, 0.6) is 5.75 Å². The Hall–Kier alpha value is -2.92. The topological polar surface area (TPSA) is 42.4 Å². The van der Waals surface area contributed by atoms with Crippen molar-refractivity contribution >= 4 is 29.0 Å². The van der Waals surface area contributed by atoms with Crippen molar-refractivity contribution in [3.63, 3.8) is 0 Å². The van der Waals surface area contributed by atoms with E-state index in [1.807, 2.05) is 66.9 Å². The van der Waals surface area contributed by atoms with Crippen LogP contribution < -0.4 is 9.64 Å². The van der Waals surface area contributed by atoms with Crippen LogP contribution >= 0.6 is 11.3 Å². The molecule has 4 nitrogen and oxygen atoms in total. The van der Waals surface area contributed by atoms with Crippen molar-refractivity contribution in [1.29, 1.82) is 0 Å². The molecule has 0 radical (unpaired) electrons. The fourth-order valence-electron chi connectivity index (χ4n) is 2.43. The van der Waals surface area contributed by atoms with E-state index in [0.717, 1.165) is 27.7 Å². The summed E-state index contributed by atoms with van der Waals surface area (Å²) in [7, 11) is 1.76. The highest BCUT2D eigenvalue weighted by Crippen LogP contribution is 2.21. The molecule has 0 bridgehead atoms. The van der Waals surface area contributed by atoms with E-state index >= 15 is 0 Å².